The van der Waals surface area contributed by atoms with Gasteiger partial charge in [0.25, 0.3) is 0 Å². The zero-order chi connectivity index (χ0) is 13.9. The summed E-state index contributed by atoms with van der Waals surface area (Å²) in [5, 5.41) is 3.48. The number of hydrogen-bond acceptors (Lipinski definition) is 3. The molecule has 1 aliphatic carbocycles. The van der Waals surface area contributed by atoms with Crippen LogP contribution in [0.2, 0.25) is 0 Å². The maximum Gasteiger partial charge on any atom is 0.125 e. The molecule has 1 saturated heterocycles. The molecule has 0 spiro atoms. The van der Waals surface area contributed by atoms with Crippen molar-refractivity contribution in [2.24, 2.45) is 0 Å². The molecule has 1 saturated carbocycles. The number of aryl methyl sites for hydroxylation is 2. The van der Waals surface area contributed by atoms with Crippen molar-refractivity contribution in [1.29, 1.82) is 0 Å². The monoisotopic (exact) mass is 310 g/mol. The Morgan fingerprint density at radius 1 is 1.14 bits per heavy atom. The first-order chi connectivity index (χ1) is 9.75. The van der Waals surface area contributed by atoms with Crippen LogP contribution in [0.15, 0.2) is 18.2 Å². The summed E-state index contributed by atoms with van der Waals surface area (Å²) >= 11 is 0. The van der Waals surface area contributed by atoms with Crippen molar-refractivity contribution in [2.75, 3.05) is 26.2 Å². The van der Waals surface area contributed by atoms with Crippen LogP contribution in [0, 0.1) is 13.8 Å². The van der Waals surface area contributed by atoms with Crippen LogP contribution in [-0.4, -0.2) is 43.2 Å². The van der Waals surface area contributed by atoms with Crippen LogP contribution >= 0.6 is 12.4 Å². The number of rotatable bonds is 6. The molecule has 0 radical (unpaired) electrons. The predicted molar refractivity (Wildman–Crippen MR) is 89.7 cm³/mol. The van der Waals surface area contributed by atoms with Gasteiger partial charge in [-0.1, -0.05) is 18.2 Å². The molecule has 2 aliphatic rings. The summed E-state index contributed by atoms with van der Waals surface area (Å²) in [5.74, 6) is 1.08. The molecule has 3 nitrogen and oxygen atoms in total. The third-order valence-electron chi connectivity index (χ3n) is 4.52. The van der Waals surface area contributed by atoms with Crippen molar-refractivity contribution in [2.45, 2.75) is 45.2 Å². The van der Waals surface area contributed by atoms with Crippen molar-refractivity contribution >= 4 is 12.4 Å². The Labute approximate surface area is 134 Å². The van der Waals surface area contributed by atoms with E-state index in [2.05, 4.69) is 42.3 Å². The lowest BCUT2D eigenvalue weighted by atomic mass is 10.1. The van der Waals surface area contributed by atoms with E-state index in [0.717, 1.165) is 37.5 Å². The lowest BCUT2D eigenvalue weighted by Gasteiger charge is -2.28. The predicted octanol–water partition coefficient (Wildman–Crippen LogP) is 2.93. The smallest absolute Gasteiger partial charge is 0.125 e. The number of para-hydroxylation sites is 1. The van der Waals surface area contributed by atoms with Crippen LogP contribution in [0.25, 0.3) is 0 Å². The zero-order valence-electron chi connectivity index (χ0n) is 13.1. The van der Waals surface area contributed by atoms with Gasteiger partial charge >= 0.3 is 0 Å². The van der Waals surface area contributed by atoms with Crippen molar-refractivity contribution in [3.05, 3.63) is 29.3 Å². The Kier molecular flexibility index (Phi) is 5.91. The Morgan fingerprint density at radius 2 is 1.86 bits per heavy atom. The lowest BCUT2D eigenvalue weighted by molar-refractivity contribution is 0.158. The lowest BCUT2D eigenvalue weighted by Crippen LogP contribution is -2.41. The van der Waals surface area contributed by atoms with E-state index in [4.69, 9.17) is 4.74 Å². The van der Waals surface area contributed by atoms with Crippen molar-refractivity contribution in [3.8, 4) is 5.75 Å². The van der Waals surface area contributed by atoms with Gasteiger partial charge in [0.15, 0.2) is 0 Å². The van der Waals surface area contributed by atoms with Crippen LogP contribution < -0.4 is 10.1 Å². The van der Waals surface area contributed by atoms with Gasteiger partial charge in [0.1, 0.15) is 12.4 Å². The maximum atomic E-state index is 6.07. The van der Waals surface area contributed by atoms with E-state index < -0.39 is 0 Å². The second-order valence-corrected chi connectivity index (χ2v) is 6.19. The average Bonchev–Trinajstić information content (AvgIpc) is 3.12. The summed E-state index contributed by atoms with van der Waals surface area (Å²) in [6.07, 6.45) is 4.04. The zero-order valence-corrected chi connectivity index (χ0v) is 13.9. The minimum absolute atomic E-state index is 0. The van der Waals surface area contributed by atoms with Gasteiger partial charge in [-0.3, -0.25) is 4.90 Å². The van der Waals surface area contributed by atoms with E-state index in [9.17, 15) is 0 Å². The standard InChI is InChI=1S/C17H26N2O.ClH/c1-13-4-3-5-14(2)17(13)20-11-10-19(15-6-7-15)16-8-9-18-12-16;/h3-5,15-16,18H,6-12H2,1-2H3;1H. The molecule has 1 N–H and O–H groups in total. The molecule has 1 atom stereocenters. The van der Waals surface area contributed by atoms with Gasteiger partial charge in [-0.05, 0) is 50.8 Å². The molecule has 1 aliphatic heterocycles. The second kappa shape index (κ2) is 7.48. The summed E-state index contributed by atoms with van der Waals surface area (Å²) in [4.78, 5) is 2.67. The third-order valence-corrected chi connectivity index (χ3v) is 4.52. The molecule has 21 heavy (non-hydrogen) atoms. The highest BCUT2D eigenvalue weighted by molar-refractivity contribution is 5.85. The van der Waals surface area contributed by atoms with Crippen LogP contribution in [-0.2, 0) is 0 Å². The highest BCUT2D eigenvalue weighted by atomic mass is 35.5. The Bertz CT molecular complexity index is 436. The number of benzene rings is 1. The van der Waals surface area contributed by atoms with Crippen molar-refractivity contribution in [1.82, 2.24) is 10.2 Å². The van der Waals surface area contributed by atoms with Gasteiger partial charge < -0.3 is 10.1 Å². The van der Waals surface area contributed by atoms with Gasteiger partial charge in [-0.2, -0.15) is 0 Å². The van der Waals surface area contributed by atoms with E-state index in [0.29, 0.717) is 0 Å². The van der Waals surface area contributed by atoms with E-state index >= 15 is 0 Å². The molecule has 4 heteroatoms. The number of nitrogens with zero attached hydrogens (tertiary/aromatic N) is 1. The van der Waals surface area contributed by atoms with Gasteiger partial charge in [-0.15, -0.1) is 12.4 Å². The number of hydrogen-bond donors (Lipinski definition) is 1. The van der Waals surface area contributed by atoms with Gasteiger partial charge in [0.2, 0.25) is 0 Å². The molecule has 118 valence electrons. The molecule has 1 heterocycles. The summed E-state index contributed by atoms with van der Waals surface area (Å²) in [6.45, 7) is 8.44. The minimum Gasteiger partial charge on any atom is -0.492 e. The van der Waals surface area contributed by atoms with Crippen LogP contribution in [0.5, 0.6) is 5.75 Å². The second-order valence-electron chi connectivity index (χ2n) is 6.19. The fourth-order valence-corrected chi connectivity index (χ4v) is 3.27. The molecule has 0 aromatic heterocycles. The largest absolute Gasteiger partial charge is 0.492 e. The average molecular weight is 311 g/mol. The van der Waals surface area contributed by atoms with Gasteiger partial charge in [0, 0.05) is 25.2 Å². The fourth-order valence-electron chi connectivity index (χ4n) is 3.27. The summed E-state index contributed by atoms with van der Waals surface area (Å²) < 4.78 is 6.07. The first-order valence-corrected chi connectivity index (χ1v) is 7.91. The number of halogens is 1. The molecule has 1 unspecified atom stereocenters. The van der Waals surface area contributed by atoms with Crippen molar-refractivity contribution < 1.29 is 4.74 Å². The Balaban J connectivity index is 0.00000161. The Hall–Kier alpha value is -0.770. The molecule has 2 fully saturated rings. The van der Waals surface area contributed by atoms with Gasteiger partial charge in [0.05, 0.1) is 0 Å². The molecule has 1 aromatic rings. The quantitative estimate of drug-likeness (QED) is 0.874. The number of nitrogens with one attached hydrogen (secondary N) is 1. The topological polar surface area (TPSA) is 24.5 Å². The first-order valence-electron chi connectivity index (χ1n) is 7.91. The van der Waals surface area contributed by atoms with Gasteiger partial charge in [-0.25, -0.2) is 0 Å². The highest BCUT2D eigenvalue weighted by Gasteiger charge is 2.34. The molecular formula is C17H27ClN2O. The summed E-state index contributed by atoms with van der Waals surface area (Å²) in [7, 11) is 0. The fraction of sp³-hybridized carbons (Fsp3) is 0.647. The van der Waals surface area contributed by atoms with Crippen LogP contribution in [0.1, 0.15) is 30.4 Å². The normalized spacial score (nSPS) is 21.4. The molecule has 3 rings (SSSR count). The minimum atomic E-state index is 0. The maximum absolute atomic E-state index is 6.07. The van der Waals surface area contributed by atoms with E-state index in [1.54, 1.807) is 0 Å². The van der Waals surface area contributed by atoms with Crippen molar-refractivity contribution in [3.63, 3.8) is 0 Å². The summed E-state index contributed by atoms with van der Waals surface area (Å²) in [5.41, 5.74) is 2.48. The number of ether oxygens (including phenoxy) is 1. The molecule has 1 aromatic carbocycles. The first kappa shape index (κ1) is 16.6. The van der Waals surface area contributed by atoms with Crippen LogP contribution in [0.3, 0.4) is 0 Å². The Morgan fingerprint density at radius 3 is 2.43 bits per heavy atom. The SMILES string of the molecule is Cc1cccc(C)c1OCCN(C1CC1)C1CCNC1.Cl. The van der Waals surface area contributed by atoms with Crippen LogP contribution in [0.4, 0.5) is 0 Å². The van der Waals surface area contributed by atoms with E-state index in [1.165, 1.54) is 36.9 Å². The molecule has 0 bridgehead atoms. The van der Waals surface area contributed by atoms with E-state index in [-0.39, 0.29) is 12.4 Å². The molecule has 0 amide bonds. The van der Waals surface area contributed by atoms with E-state index in [1.807, 2.05) is 0 Å². The third kappa shape index (κ3) is 4.12. The highest BCUT2D eigenvalue weighted by Crippen LogP contribution is 2.30. The molecular weight excluding hydrogens is 284 g/mol. The summed E-state index contributed by atoms with van der Waals surface area (Å²) in [6, 6.07) is 7.90.